The van der Waals surface area contributed by atoms with E-state index in [1.807, 2.05) is 43.3 Å². The average molecular weight is 264 g/mol. The molecule has 0 aliphatic heterocycles. The van der Waals surface area contributed by atoms with Crippen LogP contribution in [-0.4, -0.2) is 31.4 Å². The Morgan fingerprint density at radius 3 is 2.28 bits per heavy atom. The Kier molecular flexibility index (Phi) is 5.51. The van der Waals surface area contributed by atoms with E-state index in [9.17, 15) is 0 Å². The van der Waals surface area contributed by atoms with Crippen molar-refractivity contribution in [2.45, 2.75) is 6.92 Å². The molecule has 6 heteroatoms. The van der Waals surface area contributed by atoms with Crippen LogP contribution in [0.15, 0.2) is 39.5 Å². The molecule has 0 aliphatic rings. The lowest BCUT2D eigenvalue weighted by molar-refractivity contribution is -0.109. The molecule has 1 aromatic carbocycles. The summed E-state index contributed by atoms with van der Waals surface area (Å²) in [4.78, 5) is 6.03. The molecule has 0 radical (unpaired) electrons. The minimum Gasteiger partial charge on any atom is -0.378 e. The molecule has 0 atom stereocenters. The quantitative estimate of drug-likeness (QED) is 0.502. The smallest absolute Gasteiger partial charge is 0.214 e. The number of thioether (sulfide) groups is 1. The molecule has 5 nitrogen and oxygen atoms in total. The molecule has 0 amide bonds. The first-order valence-electron chi connectivity index (χ1n) is 5.45. The highest BCUT2D eigenvalue weighted by Crippen LogP contribution is 2.19. The Morgan fingerprint density at radius 2 is 1.83 bits per heavy atom. The maximum absolute atomic E-state index is 5.58. The van der Waals surface area contributed by atoms with E-state index >= 15 is 0 Å². The molecular formula is C12H18N5S+. The molecule has 0 aliphatic carbocycles. The van der Waals surface area contributed by atoms with Crippen LogP contribution < -0.4 is 10.3 Å². The van der Waals surface area contributed by atoms with Gasteiger partial charge in [-0.2, -0.15) is 0 Å². The monoisotopic (exact) mass is 264 g/mol. The second kappa shape index (κ2) is 6.90. The van der Waals surface area contributed by atoms with E-state index in [-0.39, 0.29) is 0 Å². The lowest BCUT2D eigenvalue weighted by atomic mass is 10.3. The van der Waals surface area contributed by atoms with Gasteiger partial charge in [0.05, 0.1) is 5.69 Å². The van der Waals surface area contributed by atoms with Gasteiger partial charge < -0.3 is 4.90 Å². The van der Waals surface area contributed by atoms with E-state index in [1.54, 1.807) is 14.0 Å². The first-order valence-corrected chi connectivity index (χ1v) is 6.27. The third kappa shape index (κ3) is 4.67. The van der Waals surface area contributed by atoms with Gasteiger partial charge in [0.2, 0.25) is 10.2 Å². The van der Waals surface area contributed by atoms with Gasteiger partial charge in [-0.3, -0.25) is 10.4 Å². The van der Waals surface area contributed by atoms with E-state index < -0.39 is 0 Å². The fourth-order valence-corrected chi connectivity index (χ4v) is 1.63. The number of nitrogens with two attached hydrogens (primary N) is 1. The summed E-state index contributed by atoms with van der Waals surface area (Å²) in [6, 6.07) is 7.81. The molecule has 1 aromatic rings. The van der Waals surface area contributed by atoms with Crippen LogP contribution in [-0.2, 0) is 0 Å². The maximum atomic E-state index is 5.58. The van der Waals surface area contributed by atoms with Crippen LogP contribution in [0.5, 0.6) is 0 Å². The lowest BCUT2D eigenvalue weighted by Crippen LogP contribution is -2.35. The molecule has 0 fully saturated rings. The van der Waals surface area contributed by atoms with E-state index in [0.29, 0.717) is 10.2 Å². The SMILES string of the molecule is CN=C(N=Nc1ccc(N(C)C)cc1)SC(C)=[NH2+]. The third-order valence-electron chi connectivity index (χ3n) is 2.06. The normalized spacial score (nSPS) is 11.9. The highest BCUT2D eigenvalue weighted by Gasteiger charge is 2.02. The third-order valence-corrected chi connectivity index (χ3v) is 2.83. The minimum atomic E-state index is 0.548. The fourth-order valence-electron chi connectivity index (χ4n) is 1.17. The fraction of sp³-hybridized carbons (Fsp3) is 0.333. The summed E-state index contributed by atoms with van der Waals surface area (Å²) in [6.07, 6.45) is 0. The predicted octanol–water partition coefficient (Wildman–Crippen LogP) is 1.73. The van der Waals surface area contributed by atoms with Gasteiger partial charge in [0.15, 0.2) is 0 Å². The number of benzene rings is 1. The van der Waals surface area contributed by atoms with Crippen molar-refractivity contribution in [2.75, 3.05) is 26.0 Å². The number of aliphatic imine (C=N–C) groups is 1. The molecule has 18 heavy (non-hydrogen) atoms. The summed E-state index contributed by atoms with van der Waals surface area (Å²) in [5.41, 5.74) is 1.91. The molecule has 0 saturated heterocycles. The minimum absolute atomic E-state index is 0.548. The Labute approximate surface area is 112 Å². The molecule has 1 rings (SSSR count). The summed E-state index contributed by atoms with van der Waals surface area (Å²) in [5, 5.41) is 15.0. The zero-order chi connectivity index (χ0) is 13.5. The first kappa shape index (κ1) is 14.4. The number of hydrogen-bond donors (Lipinski definition) is 1. The summed E-state index contributed by atoms with van der Waals surface area (Å²) in [7, 11) is 5.66. The van der Waals surface area contributed by atoms with Gasteiger partial charge in [-0.25, -0.2) is 0 Å². The van der Waals surface area contributed by atoms with Crippen LogP contribution in [0.3, 0.4) is 0 Å². The topological polar surface area (TPSA) is 65.9 Å². The molecular weight excluding hydrogens is 246 g/mol. The lowest BCUT2D eigenvalue weighted by Gasteiger charge is -2.11. The van der Waals surface area contributed by atoms with Crippen molar-refractivity contribution < 1.29 is 5.41 Å². The largest absolute Gasteiger partial charge is 0.378 e. The van der Waals surface area contributed by atoms with E-state index in [2.05, 4.69) is 15.2 Å². The van der Waals surface area contributed by atoms with Crippen LogP contribution in [0.4, 0.5) is 11.4 Å². The number of rotatable bonds is 2. The van der Waals surface area contributed by atoms with Crippen molar-refractivity contribution >= 4 is 33.3 Å². The van der Waals surface area contributed by atoms with Crippen LogP contribution in [0, 0.1) is 0 Å². The molecule has 0 spiro atoms. The standard InChI is InChI=1S/C12H17N5S/c1-9(13)18-12(14-2)16-15-10-5-7-11(8-6-10)17(3)4/h5-8,13H,1-4H3/p+1. The number of anilines is 1. The Bertz CT molecular complexity index is 462. The summed E-state index contributed by atoms with van der Waals surface area (Å²) >= 11 is 1.30. The summed E-state index contributed by atoms with van der Waals surface area (Å²) in [6.45, 7) is 1.80. The summed E-state index contributed by atoms with van der Waals surface area (Å²) < 4.78 is 0. The van der Waals surface area contributed by atoms with Crippen molar-refractivity contribution in [1.82, 2.24) is 0 Å². The Balaban J connectivity index is 2.74. The molecule has 0 heterocycles. The van der Waals surface area contributed by atoms with Gasteiger partial charge in [-0.05, 0) is 24.3 Å². The predicted molar refractivity (Wildman–Crippen MR) is 78.8 cm³/mol. The van der Waals surface area contributed by atoms with Gasteiger partial charge in [0.1, 0.15) is 0 Å². The zero-order valence-electron chi connectivity index (χ0n) is 11.1. The van der Waals surface area contributed by atoms with Gasteiger partial charge in [-0.1, -0.05) is 0 Å². The number of azo groups is 1. The molecule has 0 saturated carbocycles. The van der Waals surface area contributed by atoms with Crippen LogP contribution in [0.2, 0.25) is 0 Å². The maximum Gasteiger partial charge on any atom is 0.214 e. The van der Waals surface area contributed by atoms with Crippen molar-refractivity contribution in [2.24, 2.45) is 15.2 Å². The van der Waals surface area contributed by atoms with Crippen molar-refractivity contribution in [3.63, 3.8) is 0 Å². The molecule has 2 N–H and O–H groups in total. The van der Waals surface area contributed by atoms with Crippen LogP contribution in [0.25, 0.3) is 0 Å². The zero-order valence-corrected chi connectivity index (χ0v) is 11.9. The number of nitrogens with zero attached hydrogens (tertiary/aromatic N) is 4. The highest BCUT2D eigenvalue weighted by molar-refractivity contribution is 8.26. The van der Waals surface area contributed by atoms with Gasteiger partial charge in [0.25, 0.3) is 0 Å². The molecule has 0 bridgehead atoms. The number of hydrogen-bond acceptors (Lipinski definition) is 4. The average Bonchev–Trinajstić information content (AvgIpc) is 2.34. The first-order chi connectivity index (χ1) is 8.52. The molecule has 0 unspecified atom stereocenters. The second-order valence-electron chi connectivity index (χ2n) is 3.83. The molecule has 96 valence electrons. The number of amidine groups is 1. The van der Waals surface area contributed by atoms with Crippen LogP contribution in [0.1, 0.15) is 6.92 Å². The second-order valence-corrected chi connectivity index (χ2v) is 5.04. The van der Waals surface area contributed by atoms with Crippen LogP contribution >= 0.6 is 11.8 Å². The highest BCUT2D eigenvalue weighted by atomic mass is 32.2. The van der Waals surface area contributed by atoms with Crippen molar-refractivity contribution in [1.29, 1.82) is 0 Å². The van der Waals surface area contributed by atoms with Gasteiger partial charge >= 0.3 is 0 Å². The van der Waals surface area contributed by atoms with Gasteiger partial charge in [-0.15, -0.1) is 10.2 Å². The van der Waals surface area contributed by atoms with Crippen molar-refractivity contribution in [3.05, 3.63) is 24.3 Å². The van der Waals surface area contributed by atoms with Gasteiger partial charge in [0, 0.05) is 45.5 Å². The van der Waals surface area contributed by atoms with E-state index in [4.69, 9.17) is 5.41 Å². The van der Waals surface area contributed by atoms with E-state index in [0.717, 1.165) is 11.4 Å². The van der Waals surface area contributed by atoms with Crippen molar-refractivity contribution in [3.8, 4) is 0 Å². The molecule has 0 aromatic heterocycles. The summed E-state index contributed by atoms with van der Waals surface area (Å²) in [5.74, 6) is 0. The van der Waals surface area contributed by atoms with E-state index in [1.165, 1.54) is 11.8 Å². The Morgan fingerprint density at radius 1 is 1.22 bits per heavy atom. The Hall–Kier alpha value is -1.69.